The summed E-state index contributed by atoms with van der Waals surface area (Å²) in [6.07, 6.45) is 0. The molecule has 0 saturated carbocycles. The molecule has 0 radical (unpaired) electrons. The fourth-order valence-corrected chi connectivity index (χ4v) is 3.20. The number of piperazine rings is 1. The van der Waals surface area contributed by atoms with Crippen LogP contribution in [0.15, 0.2) is 12.1 Å². The molecule has 2 heterocycles. The second-order valence-electron chi connectivity index (χ2n) is 4.25. The van der Waals surface area contributed by atoms with Gasteiger partial charge in [0.1, 0.15) is 11.3 Å². The van der Waals surface area contributed by atoms with E-state index in [1.54, 1.807) is 7.11 Å². The van der Waals surface area contributed by atoms with Gasteiger partial charge in [-0.1, -0.05) is 11.3 Å². The maximum Gasteiger partial charge on any atom is 0.181 e. The molecule has 5 nitrogen and oxygen atoms in total. The monoisotopic (exact) mass is 264 g/mol. The number of hydrogen-bond donors (Lipinski definition) is 2. The van der Waals surface area contributed by atoms with E-state index in [0.717, 1.165) is 42.1 Å². The predicted molar refractivity (Wildman–Crippen MR) is 75.7 cm³/mol. The van der Waals surface area contributed by atoms with E-state index < -0.39 is 0 Å². The Bertz CT molecular complexity index is 562. The van der Waals surface area contributed by atoms with Crippen LogP contribution in [0.1, 0.15) is 0 Å². The summed E-state index contributed by atoms with van der Waals surface area (Å²) in [6, 6.07) is 4.07. The van der Waals surface area contributed by atoms with Crippen LogP contribution in [0.4, 0.5) is 10.8 Å². The lowest BCUT2D eigenvalue weighted by atomic mass is 10.2. The third-order valence-corrected chi connectivity index (χ3v) is 4.09. The molecule has 0 amide bonds. The average molecular weight is 264 g/mol. The van der Waals surface area contributed by atoms with E-state index in [2.05, 4.69) is 21.3 Å². The third kappa shape index (κ3) is 1.87. The molecule has 96 valence electrons. The van der Waals surface area contributed by atoms with Crippen molar-refractivity contribution < 1.29 is 4.74 Å². The van der Waals surface area contributed by atoms with Crippen molar-refractivity contribution in [2.45, 2.75) is 0 Å². The molecule has 0 atom stereocenters. The zero-order chi connectivity index (χ0) is 12.5. The van der Waals surface area contributed by atoms with E-state index in [1.165, 1.54) is 17.0 Å². The Hall–Kier alpha value is -1.53. The molecular formula is C12H16N4OS. The number of nitrogens with two attached hydrogens (primary N) is 1. The zero-order valence-electron chi connectivity index (χ0n) is 10.3. The highest BCUT2D eigenvalue weighted by Crippen LogP contribution is 2.38. The minimum Gasteiger partial charge on any atom is -0.494 e. The smallest absolute Gasteiger partial charge is 0.181 e. The van der Waals surface area contributed by atoms with Gasteiger partial charge in [-0.2, -0.15) is 0 Å². The van der Waals surface area contributed by atoms with E-state index in [-0.39, 0.29) is 0 Å². The number of rotatable bonds is 2. The first kappa shape index (κ1) is 11.6. The Labute approximate surface area is 110 Å². The molecule has 0 spiro atoms. The Morgan fingerprint density at radius 3 is 2.89 bits per heavy atom. The molecule has 18 heavy (non-hydrogen) atoms. The van der Waals surface area contributed by atoms with Gasteiger partial charge in [0.05, 0.1) is 17.5 Å². The topological polar surface area (TPSA) is 63.4 Å². The standard InChI is InChI=1S/C12H16N4OS/c1-17-9-3-2-8(16-6-4-14-5-7-16)11-10(9)15-12(13)18-11/h2-3,14H,4-7H2,1H3,(H2,13,15). The molecular weight excluding hydrogens is 248 g/mol. The molecule has 1 aliphatic heterocycles. The summed E-state index contributed by atoms with van der Waals surface area (Å²) in [5.41, 5.74) is 7.91. The number of ether oxygens (including phenoxy) is 1. The zero-order valence-corrected chi connectivity index (χ0v) is 11.1. The van der Waals surface area contributed by atoms with Gasteiger partial charge in [-0.3, -0.25) is 0 Å². The summed E-state index contributed by atoms with van der Waals surface area (Å²) in [4.78, 5) is 6.74. The van der Waals surface area contributed by atoms with Crippen molar-refractivity contribution in [1.82, 2.24) is 10.3 Å². The van der Waals surface area contributed by atoms with Crippen LogP contribution in [-0.4, -0.2) is 38.3 Å². The molecule has 1 aromatic carbocycles. The molecule has 1 aromatic heterocycles. The van der Waals surface area contributed by atoms with Crippen molar-refractivity contribution >= 4 is 32.4 Å². The number of fused-ring (bicyclic) bond motifs is 1. The van der Waals surface area contributed by atoms with Crippen molar-refractivity contribution in [3.8, 4) is 5.75 Å². The lowest BCUT2D eigenvalue weighted by Gasteiger charge is -2.29. The van der Waals surface area contributed by atoms with Gasteiger partial charge in [0.25, 0.3) is 0 Å². The van der Waals surface area contributed by atoms with Crippen LogP contribution in [0.2, 0.25) is 0 Å². The van der Waals surface area contributed by atoms with Gasteiger partial charge in [0.2, 0.25) is 0 Å². The number of benzene rings is 1. The summed E-state index contributed by atoms with van der Waals surface area (Å²) in [6.45, 7) is 4.06. The van der Waals surface area contributed by atoms with Gasteiger partial charge in [-0.15, -0.1) is 0 Å². The molecule has 0 aliphatic carbocycles. The minimum absolute atomic E-state index is 0.589. The lowest BCUT2D eigenvalue weighted by molar-refractivity contribution is 0.419. The van der Waals surface area contributed by atoms with Crippen LogP contribution < -0.4 is 20.7 Å². The van der Waals surface area contributed by atoms with Crippen LogP contribution in [0.5, 0.6) is 5.75 Å². The van der Waals surface area contributed by atoms with E-state index >= 15 is 0 Å². The largest absolute Gasteiger partial charge is 0.494 e. The quantitative estimate of drug-likeness (QED) is 0.856. The maximum absolute atomic E-state index is 5.83. The average Bonchev–Trinajstić information content (AvgIpc) is 2.80. The molecule has 3 N–H and O–H groups in total. The first-order valence-corrected chi connectivity index (χ1v) is 6.80. The molecule has 1 saturated heterocycles. The number of nitrogen functional groups attached to an aromatic ring is 1. The van der Waals surface area contributed by atoms with E-state index in [4.69, 9.17) is 10.5 Å². The normalized spacial score (nSPS) is 16.2. The van der Waals surface area contributed by atoms with Crippen LogP contribution in [0, 0.1) is 0 Å². The molecule has 0 bridgehead atoms. The molecule has 3 rings (SSSR count). The van der Waals surface area contributed by atoms with E-state index in [9.17, 15) is 0 Å². The number of methoxy groups -OCH3 is 1. The number of thiazole rings is 1. The van der Waals surface area contributed by atoms with Gasteiger partial charge in [0, 0.05) is 26.2 Å². The van der Waals surface area contributed by atoms with Gasteiger partial charge < -0.3 is 20.7 Å². The highest BCUT2D eigenvalue weighted by molar-refractivity contribution is 7.22. The first-order valence-electron chi connectivity index (χ1n) is 5.98. The van der Waals surface area contributed by atoms with Crippen LogP contribution in [0.3, 0.4) is 0 Å². The molecule has 6 heteroatoms. The number of hydrogen-bond acceptors (Lipinski definition) is 6. The van der Waals surface area contributed by atoms with Gasteiger partial charge in [0.15, 0.2) is 5.13 Å². The third-order valence-electron chi connectivity index (χ3n) is 3.18. The Kier molecular flexibility index (Phi) is 2.97. The second-order valence-corrected chi connectivity index (χ2v) is 5.28. The Balaban J connectivity index is 2.11. The summed E-state index contributed by atoms with van der Waals surface area (Å²) in [5, 5.41) is 3.95. The van der Waals surface area contributed by atoms with E-state index in [1.807, 2.05) is 6.07 Å². The van der Waals surface area contributed by atoms with Gasteiger partial charge in [-0.25, -0.2) is 4.98 Å². The Morgan fingerprint density at radius 1 is 1.39 bits per heavy atom. The molecule has 1 aliphatic rings. The van der Waals surface area contributed by atoms with Crippen molar-refractivity contribution in [2.24, 2.45) is 0 Å². The van der Waals surface area contributed by atoms with Crippen molar-refractivity contribution in [3.63, 3.8) is 0 Å². The SMILES string of the molecule is COc1ccc(N2CCNCC2)c2sc(N)nc12. The summed E-state index contributed by atoms with van der Waals surface area (Å²) >= 11 is 1.53. The fourth-order valence-electron chi connectivity index (χ4n) is 2.31. The van der Waals surface area contributed by atoms with Gasteiger partial charge in [-0.05, 0) is 12.1 Å². The second kappa shape index (κ2) is 4.62. The van der Waals surface area contributed by atoms with Crippen LogP contribution >= 0.6 is 11.3 Å². The summed E-state index contributed by atoms with van der Waals surface area (Å²) < 4.78 is 6.46. The van der Waals surface area contributed by atoms with Crippen LogP contribution in [0.25, 0.3) is 10.2 Å². The highest BCUT2D eigenvalue weighted by Gasteiger charge is 2.17. The molecule has 0 unspecified atom stereocenters. The Morgan fingerprint density at radius 2 is 2.17 bits per heavy atom. The number of nitrogens with one attached hydrogen (secondary N) is 1. The minimum atomic E-state index is 0.589. The highest BCUT2D eigenvalue weighted by atomic mass is 32.1. The van der Waals surface area contributed by atoms with Gasteiger partial charge >= 0.3 is 0 Å². The number of anilines is 2. The summed E-state index contributed by atoms with van der Waals surface area (Å²) in [5.74, 6) is 0.789. The van der Waals surface area contributed by atoms with E-state index in [0.29, 0.717) is 5.13 Å². The van der Waals surface area contributed by atoms with Crippen molar-refractivity contribution in [1.29, 1.82) is 0 Å². The fraction of sp³-hybridized carbons (Fsp3) is 0.417. The summed E-state index contributed by atoms with van der Waals surface area (Å²) in [7, 11) is 1.66. The maximum atomic E-state index is 5.83. The molecule has 2 aromatic rings. The predicted octanol–water partition coefficient (Wildman–Crippen LogP) is 1.30. The van der Waals surface area contributed by atoms with Crippen LogP contribution in [-0.2, 0) is 0 Å². The number of aromatic nitrogens is 1. The van der Waals surface area contributed by atoms with Crippen molar-refractivity contribution in [3.05, 3.63) is 12.1 Å². The molecule has 1 fully saturated rings. The van der Waals surface area contributed by atoms with Crippen molar-refractivity contribution in [2.75, 3.05) is 43.9 Å². The first-order chi connectivity index (χ1) is 8.79. The lowest BCUT2D eigenvalue weighted by Crippen LogP contribution is -2.43. The number of nitrogens with zero attached hydrogens (tertiary/aromatic N) is 2.